The van der Waals surface area contributed by atoms with E-state index in [4.69, 9.17) is 19.2 Å². The van der Waals surface area contributed by atoms with Gasteiger partial charge in [-0.25, -0.2) is 29.2 Å². The van der Waals surface area contributed by atoms with Gasteiger partial charge in [0.1, 0.15) is 5.75 Å². The number of anilines is 5. The number of amides is 3. The lowest BCUT2D eigenvalue weighted by Crippen LogP contribution is -2.46. The second-order valence-electron chi connectivity index (χ2n) is 9.65. The minimum atomic E-state index is -1.32. The van der Waals surface area contributed by atoms with Crippen molar-refractivity contribution in [2.45, 2.75) is 12.8 Å². The molecule has 0 radical (unpaired) electrons. The van der Waals surface area contributed by atoms with Crippen molar-refractivity contribution >= 4 is 46.9 Å². The summed E-state index contributed by atoms with van der Waals surface area (Å²) in [5.74, 6) is 0.163. The van der Waals surface area contributed by atoms with Gasteiger partial charge >= 0.3 is 18.1 Å². The molecule has 5 rings (SSSR count). The molecule has 0 spiro atoms. The van der Waals surface area contributed by atoms with Crippen molar-refractivity contribution < 1.29 is 28.6 Å². The van der Waals surface area contributed by atoms with Gasteiger partial charge in [0, 0.05) is 17.4 Å². The van der Waals surface area contributed by atoms with Crippen molar-refractivity contribution in [3.63, 3.8) is 0 Å². The van der Waals surface area contributed by atoms with E-state index in [0.29, 0.717) is 34.2 Å². The van der Waals surface area contributed by atoms with Crippen LogP contribution in [0.4, 0.5) is 38.4 Å². The van der Waals surface area contributed by atoms with Crippen molar-refractivity contribution in [1.29, 1.82) is 0 Å². The Labute approximate surface area is 248 Å². The quantitative estimate of drug-likeness (QED) is 0.207. The predicted octanol–water partition coefficient (Wildman–Crippen LogP) is 5.10. The number of nitrogens with zero attached hydrogens (tertiary/aromatic N) is 6. The number of carbonyl (C=O) groups is 3. The molecule has 0 saturated heterocycles. The zero-order valence-corrected chi connectivity index (χ0v) is 24.1. The third-order valence-electron chi connectivity index (χ3n) is 6.67. The molecule has 1 atom stereocenters. The Balaban J connectivity index is 1.60. The number of ether oxygens (including phenoxy) is 3. The SMILES string of the molecule is COC(=O)C(OC(=O)N(c1ccccc1)c1ncc2c(n1)N(c1ccccc1)C(=O)N(c1ccc(OC)cc1)C2)N(C)C. The summed E-state index contributed by atoms with van der Waals surface area (Å²) >= 11 is 0. The molecule has 0 fully saturated rings. The number of hydrogen-bond donors (Lipinski definition) is 0. The van der Waals surface area contributed by atoms with Gasteiger partial charge in [-0.2, -0.15) is 4.98 Å². The second-order valence-corrected chi connectivity index (χ2v) is 9.65. The van der Waals surface area contributed by atoms with Crippen LogP contribution in [0.15, 0.2) is 91.1 Å². The number of methoxy groups -OCH3 is 2. The van der Waals surface area contributed by atoms with Crippen LogP contribution >= 0.6 is 0 Å². The standard InChI is InChI=1S/C31H30N6O6/c1-34(2)27(28(38)42-4)43-31(40)37(24-13-9-6-10-14-24)29-32-19-21-20-35(22-15-17-25(41-3)18-16-22)30(39)36(26(21)33-29)23-11-7-5-8-12-23/h5-19,27H,20H2,1-4H3. The lowest BCUT2D eigenvalue weighted by atomic mass is 10.1. The molecule has 12 nitrogen and oxygen atoms in total. The fourth-order valence-electron chi connectivity index (χ4n) is 4.52. The Kier molecular flexibility index (Phi) is 8.49. The van der Waals surface area contributed by atoms with E-state index in [9.17, 15) is 14.4 Å². The number of carbonyl (C=O) groups excluding carboxylic acids is 3. The van der Waals surface area contributed by atoms with Crippen LogP contribution < -0.4 is 19.4 Å². The summed E-state index contributed by atoms with van der Waals surface area (Å²) in [4.78, 5) is 54.9. The minimum Gasteiger partial charge on any atom is -0.497 e. The molecule has 3 aromatic carbocycles. The maximum absolute atomic E-state index is 14.1. The number of rotatable bonds is 8. The minimum absolute atomic E-state index is 0.0519. The molecule has 3 amide bonds. The Morgan fingerprint density at radius 3 is 2.14 bits per heavy atom. The van der Waals surface area contributed by atoms with Gasteiger partial charge in [-0.3, -0.25) is 9.80 Å². The Morgan fingerprint density at radius 1 is 0.884 bits per heavy atom. The van der Waals surface area contributed by atoms with Crippen molar-refractivity contribution in [3.05, 3.63) is 96.7 Å². The third-order valence-corrected chi connectivity index (χ3v) is 6.67. The molecule has 1 aromatic heterocycles. The van der Waals surface area contributed by atoms with Gasteiger partial charge in [-0.15, -0.1) is 0 Å². The summed E-state index contributed by atoms with van der Waals surface area (Å²) in [6.07, 6.45) is -0.658. The molecule has 0 bridgehead atoms. The smallest absolute Gasteiger partial charge is 0.423 e. The Bertz CT molecular complexity index is 1600. The number of hydrogen-bond acceptors (Lipinski definition) is 9. The number of urea groups is 1. The molecule has 2 heterocycles. The van der Waals surface area contributed by atoms with Gasteiger partial charge in [0.15, 0.2) is 5.82 Å². The third kappa shape index (κ3) is 5.95. The highest BCUT2D eigenvalue weighted by molar-refractivity contribution is 6.10. The van der Waals surface area contributed by atoms with E-state index in [0.717, 1.165) is 4.90 Å². The molecule has 12 heteroatoms. The van der Waals surface area contributed by atoms with E-state index in [1.807, 2.05) is 18.2 Å². The highest BCUT2D eigenvalue weighted by atomic mass is 16.6. The van der Waals surface area contributed by atoms with E-state index in [2.05, 4.69) is 4.98 Å². The van der Waals surface area contributed by atoms with Gasteiger partial charge < -0.3 is 14.2 Å². The first kappa shape index (κ1) is 29.0. The van der Waals surface area contributed by atoms with Crippen LogP contribution in [-0.2, 0) is 20.8 Å². The first-order valence-electron chi connectivity index (χ1n) is 13.3. The number of para-hydroxylation sites is 2. The highest BCUT2D eigenvalue weighted by Crippen LogP contribution is 2.37. The van der Waals surface area contributed by atoms with Crippen LogP contribution in [0, 0.1) is 0 Å². The summed E-state index contributed by atoms with van der Waals surface area (Å²) in [6, 6.07) is 24.5. The fourth-order valence-corrected chi connectivity index (χ4v) is 4.52. The van der Waals surface area contributed by atoms with Crippen LogP contribution in [0.2, 0.25) is 0 Å². The lowest BCUT2D eigenvalue weighted by molar-refractivity contribution is -0.158. The van der Waals surface area contributed by atoms with Crippen LogP contribution in [0.3, 0.4) is 0 Å². The molecule has 43 heavy (non-hydrogen) atoms. The summed E-state index contributed by atoms with van der Waals surface area (Å²) in [5.41, 5.74) is 2.27. The summed E-state index contributed by atoms with van der Waals surface area (Å²) in [7, 11) is 5.94. The van der Waals surface area contributed by atoms with Gasteiger partial charge in [0.2, 0.25) is 5.95 Å². The first-order valence-corrected chi connectivity index (χ1v) is 13.3. The topological polar surface area (TPSA) is 118 Å². The van der Waals surface area contributed by atoms with Crippen molar-refractivity contribution in [2.24, 2.45) is 0 Å². The Morgan fingerprint density at radius 2 is 1.53 bits per heavy atom. The van der Waals surface area contributed by atoms with E-state index in [1.165, 1.54) is 16.9 Å². The van der Waals surface area contributed by atoms with Crippen LogP contribution in [-0.4, -0.2) is 67.5 Å². The Hall–Kier alpha value is -5.49. The molecule has 0 aliphatic carbocycles. The molecule has 0 saturated carbocycles. The molecule has 220 valence electrons. The van der Waals surface area contributed by atoms with Gasteiger partial charge in [0.25, 0.3) is 6.23 Å². The summed E-state index contributed by atoms with van der Waals surface area (Å²) in [5, 5.41) is 0. The van der Waals surface area contributed by atoms with Crippen LogP contribution in [0.25, 0.3) is 0 Å². The summed E-state index contributed by atoms with van der Waals surface area (Å²) < 4.78 is 15.6. The molecular formula is C31H30N6O6. The zero-order chi connectivity index (χ0) is 30.5. The van der Waals surface area contributed by atoms with Crippen molar-refractivity contribution in [2.75, 3.05) is 43.0 Å². The van der Waals surface area contributed by atoms with Gasteiger partial charge in [0.05, 0.1) is 32.1 Å². The number of esters is 1. The maximum Gasteiger partial charge on any atom is 0.423 e. The van der Waals surface area contributed by atoms with Crippen molar-refractivity contribution in [1.82, 2.24) is 14.9 Å². The number of aromatic nitrogens is 2. The largest absolute Gasteiger partial charge is 0.497 e. The zero-order valence-electron chi connectivity index (χ0n) is 24.1. The van der Waals surface area contributed by atoms with E-state index in [-0.39, 0.29) is 18.5 Å². The summed E-state index contributed by atoms with van der Waals surface area (Å²) in [6.45, 7) is 0.185. The van der Waals surface area contributed by atoms with E-state index in [1.54, 1.807) is 99.0 Å². The number of benzene rings is 3. The maximum atomic E-state index is 14.1. The van der Waals surface area contributed by atoms with E-state index >= 15 is 0 Å². The van der Waals surface area contributed by atoms with Crippen molar-refractivity contribution in [3.8, 4) is 5.75 Å². The monoisotopic (exact) mass is 582 g/mol. The molecule has 1 aliphatic heterocycles. The highest BCUT2D eigenvalue weighted by Gasteiger charge is 2.36. The average molecular weight is 583 g/mol. The number of likely N-dealkylation sites (N-methyl/N-ethyl adjacent to an activating group) is 1. The lowest BCUT2D eigenvalue weighted by Gasteiger charge is -2.36. The first-order chi connectivity index (χ1) is 20.8. The molecule has 0 N–H and O–H groups in total. The fraction of sp³-hybridized carbons (Fsp3) is 0.194. The molecule has 1 aliphatic rings. The normalized spacial score (nSPS) is 13.3. The molecular weight excluding hydrogens is 552 g/mol. The number of fused-ring (bicyclic) bond motifs is 1. The van der Waals surface area contributed by atoms with Crippen LogP contribution in [0.1, 0.15) is 5.56 Å². The predicted molar refractivity (Wildman–Crippen MR) is 160 cm³/mol. The second kappa shape index (κ2) is 12.6. The molecule has 1 unspecified atom stereocenters. The molecule has 4 aromatic rings. The van der Waals surface area contributed by atoms with Crippen LogP contribution in [0.5, 0.6) is 5.75 Å². The van der Waals surface area contributed by atoms with E-state index < -0.39 is 18.3 Å². The average Bonchev–Trinajstić information content (AvgIpc) is 3.04. The van der Waals surface area contributed by atoms with Gasteiger partial charge in [-0.05, 0) is 62.6 Å². The van der Waals surface area contributed by atoms with Gasteiger partial charge in [-0.1, -0.05) is 36.4 Å².